The molecule has 1 rings (SSSR count). The van der Waals surface area contributed by atoms with Crippen LogP contribution >= 0.6 is 0 Å². The minimum Gasteiger partial charge on any atom is -0.480 e. The maximum Gasteiger partial charge on any atom is 0.326 e. The number of methoxy groups -OCH3 is 1. The van der Waals surface area contributed by atoms with E-state index in [0.717, 1.165) is 12.0 Å². The van der Waals surface area contributed by atoms with E-state index in [4.69, 9.17) is 9.84 Å². The Morgan fingerprint density at radius 3 is 2.43 bits per heavy atom. The summed E-state index contributed by atoms with van der Waals surface area (Å²) in [6.45, 7) is 2.30. The first-order valence-corrected chi connectivity index (χ1v) is 7.17. The van der Waals surface area contributed by atoms with E-state index in [9.17, 15) is 9.59 Å². The largest absolute Gasteiger partial charge is 0.480 e. The zero-order valence-corrected chi connectivity index (χ0v) is 12.5. The molecular weight excluding hydrogens is 270 g/mol. The van der Waals surface area contributed by atoms with Gasteiger partial charge in [-0.1, -0.05) is 43.7 Å². The van der Waals surface area contributed by atoms with Gasteiger partial charge in [0.15, 0.2) is 0 Å². The van der Waals surface area contributed by atoms with Gasteiger partial charge in [-0.3, -0.25) is 4.79 Å². The van der Waals surface area contributed by atoms with Crippen molar-refractivity contribution in [2.75, 3.05) is 13.7 Å². The zero-order valence-electron chi connectivity index (χ0n) is 12.5. The average molecular weight is 293 g/mol. The topological polar surface area (TPSA) is 75.6 Å². The summed E-state index contributed by atoms with van der Waals surface area (Å²) < 4.78 is 4.88. The Balaban J connectivity index is 2.78. The third-order valence-corrected chi connectivity index (χ3v) is 3.32. The second-order valence-corrected chi connectivity index (χ2v) is 4.93. The van der Waals surface area contributed by atoms with Crippen molar-refractivity contribution in [3.63, 3.8) is 0 Å². The average Bonchev–Trinajstić information content (AvgIpc) is 2.49. The molecule has 1 amide bonds. The Hall–Kier alpha value is -1.88. The van der Waals surface area contributed by atoms with E-state index in [1.54, 1.807) is 0 Å². The van der Waals surface area contributed by atoms with Crippen molar-refractivity contribution in [1.29, 1.82) is 0 Å². The Kier molecular flexibility index (Phi) is 7.46. The van der Waals surface area contributed by atoms with Crippen LogP contribution in [0.1, 0.15) is 37.7 Å². The summed E-state index contributed by atoms with van der Waals surface area (Å²) >= 11 is 0. The molecule has 1 aromatic carbocycles. The molecule has 5 heteroatoms. The molecule has 0 aliphatic rings. The van der Waals surface area contributed by atoms with Gasteiger partial charge in [0.1, 0.15) is 6.04 Å². The Bertz CT molecular complexity index is 447. The number of nitrogens with one attached hydrogen (secondary N) is 1. The van der Waals surface area contributed by atoms with Crippen LogP contribution in [-0.4, -0.2) is 36.7 Å². The fraction of sp³-hybridized carbons (Fsp3) is 0.500. The molecule has 0 heterocycles. The Morgan fingerprint density at radius 1 is 1.24 bits per heavy atom. The first-order chi connectivity index (χ1) is 10.1. The third kappa shape index (κ3) is 5.55. The van der Waals surface area contributed by atoms with Crippen LogP contribution < -0.4 is 5.32 Å². The second-order valence-electron chi connectivity index (χ2n) is 4.93. The highest BCUT2D eigenvalue weighted by molar-refractivity contribution is 5.88. The standard InChI is InChI=1S/C16H23NO4/c1-3-7-13(12-8-5-4-6-9-12)15(18)17-14(16(19)20)10-11-21-2/h4-6,8-9,13-14H,3,7,10-11H2,1-2H3,(H,17,18)(H,19,20). The number of benzene rings is 1. The number of ether oxygens (including phenoxy) is 1. The lowest BCUT2D eigenvalue weighted by Gasteiger charge is -2.20. The van der Waals surface area contributed by atoms with Gasteiger partial charge in [-0.2, -0.15) is 0 Å². The van der Waals surface area contributed by atoms with E-state index >= 15 is 0 Å². The number of aliphatic carboxylic acids is 1. The Morgan fingerprint density at radius 2 is 1.90 bits per heavy atom. The summed E-state index contributed by atoms with van der Waals surface area (Å²) in [6, 6.07) is 8.52. The molecule has 0 fully saturated rings. The van der Waals surface area contributed by atoms with E-state index in [-0.39, 0.29) is 18.2 Å². The summed E-state index contributed by atoms with van der Waals surface area (Å²) in [5, 5.41) is 11.8. The van der Waals surface area contributed by atoms with Crippen LogP contribution in [0.5, 0.6) is 0 Å². The van der Waals surface area contributed by atoms with Gasteiger partial charge in [0, 0.05) is 20.1 Å². The number of hydrogen-bond donors (Lipinski definition) is 2. The van der Waals surface area contributed by atoms with Gasteiger partial charge in [0.25, 0.3) is 0 Å². The van der Waals surface area contributed by atoms with Crippen LogP contribution in [0.25, 0.3) is 0 Å². The summed E-state index contributed by atoms with van der Waals surface area (Å²) in [5.74, 6) is -1.60. The molecule has 2 unspecified atom stereocenters. The van der Waals surface area contributed by atoms with Crippen molar-refractivity contribution in [2.45, 2.75) is 38.1 Å². The fourth-order valence-electron chi connectivity index (χ4n) is 2.19. The zero-order chi connectivity index (χ0) is 15.7. The molecule has 21 heavy (non-hydrogen) atoms. The molecule has 116 valence electrons. The SMILES string of the molecule is CCCC(C(=O)NC(CCOC)C(=O)O)c1ccccc1. The summed E-state index contributed by atoms with van der Waals surface area (Å²) in [7, 11) is 1.50. The van der Waals surface area contributed by atoms with Crippen molar-refractivity contribution in [1.82, 2.24) is 5.32 Å². The first kappa shape index (κ1) is 17.2. The number of carboxylic acids is 1. The molecule has 0 saturated carbocycles. The van der Waals surface area contributed by atoms with Gasteiger partial charge in [0.05, 0.1) is 5.92 Å². The maximum atomic E-state index is 12.4. The second kappa shape index (κ2) is 9.13. The Labute approximate surface area is 125 Å². The molecule has 1 aromatic rings. The number of carbonyl (C=O) groups excluding carboxylic acids is 1. The van der Waals surface area contributed by atoms with Crippen LogP contribution in [0.2, 0.25) is 0 Å². The lowest BCUT2D eigenvalue weighted by molar-refractivity contribution is -0.142. The van der Waals surface area contributed by atoms with Gasteiger partial charge in [0.2, 0.25) is 5.91 Å². The number of amides is 1. The van der Waals surface area contributed by atoms with Crippen molar-refractivity contribution in [3.05, 3.63) is 35.9 Å². The summed E-state index contributed by atoms with van der Waals surface area (Å²) in [6.07, 6.45) is 1.79. The lowest BCUT2D eigenvalue weighted by Crippen LogP contribution is -2.43. The normalized spacial score (nSPS) is 13.4. The summed E-state index contributed by atoms with van der Waals surface area (Å²) in [5.41, 5.74) is 0.910. The predicted molar refractivity (Wildman–Crippen MR) is 80.2 cm³/mol. The smallest absolute Gasteiger partial charge is 0.326 e. The molecule has 0 bridgehead atoms. The molecule has 0 aliphatic carbocycles. The van der Waals surface area contributed by atoms with E-state index < -0.39 is 12.0 Å². The molecule has 0 spiro atoms. The highest BCUT2D eigenvalue weighted by Crippen LogP contribution is 2.21. The molecular formula is C16H23NO4. The minimum absolute atomic E-state index is 0.244. The molecule has 2 N–H and O–H groups in total. The maximum absolute atomic E-state index is 12.4. The van der Waals surface area contributed by atoms with Crippen LogP contribution in [-0.2, 0) is 14.3 Å². The van der Waals surface area contributed by atoms with Gasteiger partial charge in [-0.05, 0) is 12.0 Å². The van der Waals surface area contributed by atoms with Crippen molar-refractivity contribution in [2.24, 2.45) is 0 Å². The number of hydrogen-bond acceptors (Lipinski definition) is 3. The van der Waals surface area contributed by atoms with Crippen LogP contribution in [0, 0.1) is 0 Å². The van der Waals surface area contributed by atoms with Crippen molar-refractivity contribution >= 4 is 11.9 Å². The monoisotopic (exact) mass is 293 g/mol. The van der Waals surface area contributed by atoms with E-state index in [2.05, 4.69) is 5.32 Å². The quantitative estimate of drug-likeness (QED) is 0.731. The fourth-order valence-corrected chi connectivity index (χ4v) is 2.19. The predicted octanol–water partition coefficient (Wildman–Crippen LogP) is 2.18. The molecule has 5 nitrogen and oxygen atoms in total. The van der Waals surface area contributed by atoms with Crippen molar-refractivity contribution < 1.29 is 19.4 Å². The first-order valence-electron chi connectivity index (χ1n) is 7.17. The highest BCUT2D eigenvalue weighted by Gasteiger charge is 2.25. The van der Waals surface area contributed by atoms with Crippen molar-refractivity contribution in [3.8, 4) is 0 Å². The van der Waals surface area contributed by atoms with Gasteiger partial charge < -0.3 is 15.2 Å². The molecule has 0 saturated heterocycles. The van der Waals surface area contributed by atoms with E-state index in [0.29, 0.717) is 13.0 Å². The van der Waals surface area contributed by atoms with Gasteiger partial charge in [-0.15, -0.1) is 0 Å². The highest BCUT2D eigenvalue weighted by atomic mass is 16.5. The van der Waals surface area contributed by atoms with Gasteiger partial charge in [-0.25, -0.2) is 4.79 Å². The third-order valence-electron chi connectivity index (χ3n) is 3.32. The molecule has 0 aromatic heterocycles. The van der Waals surface area contributed by atoms with E-state index in [1.165, 1.54) is 7.11 Å². The molecule has 0 radical (unpaired) electrons. The number of carbonyl (C=O) groups is 2. The lowest BCUT2D eigenvalue weighted by atomic mass is 9.93. The molecule has 0 aliphatic heterocycles. The minimum atomic E-state index is -1.04. The van der Waals surface area contributed by atoms with Crippen LogP contribution in [0.4, 0.5) is 0 Å². The molecule has 2 atom stereocenters. The van der Waals surface area contributed by atoms with E-state index in [1.807, 2.05) is 37.3 Å². The van der Waals surface area contributed by atoms with Crippen LogP contribution in [0.3, 0.4) is 0 Å². The number of rotatable bonds is 9. The summed E-state index contributed by atoms with van der Waals surface area (Å²) in [4.78, 5) is 23.6. The number of carboxylic acid groups (broad SMARTS) is 1. The van der Waals surface area contributed by atoms with Gasteiger partial charge >= 0.3 is 5.97 Å². The van der Waals surface area contributed by atoms with Crippen LogP contribution in [0.15, 0.2) is 30.3 Å².